The van der Waals surface area contributed by atoms with Gasteiger partial charge in [-0.1, -0.05) is 48.5 Å². The molecule has 2 N–H and O–H groups in total. The summed E-state index contributed by atoms with van der Waals surface area (Å²) in [5, 5.41) is 10.1. The maximum atomic E-state index is 13.3. The van der Waals surface area contributed by atoms with Crippen molar-refractivity contribution in [2.75, 3.05) is 6.54 Å². The van der Waals surface area contributed by atoms with Gasteiger partial charge in [0.15, 0.2) is 0 Å². The molecular formula is C27H25N3O3. The summed E-state index contributed by atoms with van der Waals surface area (Å²) in [6, 6.07) is 23.3. The van der Waals surface area contributed by atoms with E-state index in [4.69, 9.17) is 5.21 Å². The van der Waals surface area contributed by atoms with Crippen LogP contribution in [0.2, 0.25) is 0 Å². The van der Waals surface area contributed by atoms with Crippen LogP contribution in [0.25, 0.3) is 10.9 Å². The molecule has 1 aliphatic heterocycles. The number of carbonyl (C=O) groups is 2. The highest BCUT2D eigenvalue weighted by Crippen LogP contribution is 2.32. The Morgan fingerprint density at radius 3 is 2.45 bits per heavy atom. The summed E-state index contributed by atoms with van der Waals surface area (Å²) in [5.41, 5.74) is 8.44. The average molecular weight is 440 g/mol. The zero-order valence-corrected chi connectivity index (χ0v) is 18.4. The third-order valence-corrected chi connectivity index (χ3v) is 6.49. The van der Waals surface area contributed by atoms with E-state index in [2.05, 4.69) is 22.8 Å². The summed E-state index contributed by atoms with van der Waals surface area (Å²) in [5.74, 6) is -0.467. The first kappa shape index (κ1) is 21.0. The van der Waals surface area contributed by atoms with Crippen molar-refractivity contribution < 1.29 is 14.8 Å². The van der Waals surface area contributed by atoms with Gasteiger partial charge in [0.1, 0.15) is 0 Å². The Morgan fingerprint density at radius 1 is 0.970 bits per heavy atom. The number of rotatable bonds is 4. The van der Waals surface area contributed by atoms with Gasteiger partial charge in [-0.25, -0.2) is 5.48 Å². The predicted molar refractivity (Wildman–Crippen MR) is 126 cm³/mol. The number of aryl methyl sites for hydroxylation is 1. The number of fused-ring (bicyclic) bond motifs is 3. The number of benzene rings is 3. The van der Waals surface area contributed by atoms with E-state index in [-0.39, 0.29) is 5.91 Å². The normalized spacial score (nSPS) is 13.1. The van der Waals surface area contributed by atoms with E-state index >= 15 is 0 Å². The second-order valence-corrected chi connectivity index (χ2v) is 8.46. The molecule has 166 valence electrons. The number of amides is 2. The summed E-state index contributed by atoms with van der Waals surface area (Å²) < 4.78 is 2.28. The van der Waals surface area contributed by atoms with Gasteiger partial charge in [0.2, 0.25) is 0 Å². The summed E-state index contributed by atoms with van der Waals surface area (Å²) in [6.45, 7) is 3.85. The van der Waals surface area contributed by atoms with Crippen LogP contribution in [0.3, 0.4) is 0 Å². The largest absolute Gasteiger partial charge is 0.338 e. The average Bonchev–Trinajstić information content (AvgIpc) is 3.17. The van der Waals surface area contributed by atoms with E-state index in [0.29, 0.717) is 25.2 Å². The summed E-state index contributed by atoms with van der Waals surface area (Å²) >= 11 is 0. The minimum Gasteiger partial charge on any atom is -0.338 e. The lowest BCUT2D eigenvalue weighted by Gasteiger charge is -2.29. The van der Waals surface area contributed by atoms with Gasteiger partial charge < -0.3 is 9.47 Å². The Bertz CT molecular complexity index is 1360. The van der Waals surface area contributed by atoms with E-state index in [1.165, 1.54) is 10.9 Å². The molecule has 4 aromatic rings. The summed E-state index contributed by atoms with van der Waals surface area (Å²) in [6.07, 6.45) is 0.816. The molecular weight excluding hydrogens is 414 g/mol. The van der Waals surface area contributed by atoms with Crippen molar-refractivity contribution in [1.82, 2.24) is 14.9 Å². The smallest absolute Gasteiger partial charge is 0.274 e. The predicted octanol–water partition coefficient (Wildman–Crippen LogP) is 4.32. The molecule has 2 heterocycles. The Hall–Kier alpha value is -3.90. The van der Waals surface area contributed by atoms with Crippen molar-refractivity contribution in [1.29, 1.82) is 0 Å². The maximum absolute atomic E-state index is 13.3. The lowest BCUT2D eigenvalue weighted by Crippen LogP contribution is -2.37. The number of hydrogen-bond donors (Lipinski definition) is 2. The summed E-state index contributed by atoms with van der Waals surface area (Å²) in [4.78, 5) is 26.9. The SMILES string of the molecule is Cc1ccccc1C(=O)N1CCc2c(n(Cc3ccc(C(=O)NO)cc3)c3ccccc23)C1. The first-order valence-corrected chi connectivity index (χ1v) is 11.0. The van der Waals surface area contributed by atoms with E-state index < -0.39 is 5.91 Å². The van der Waals surface area contributed by atoms with Crippen LogP contribution in [0.5, 0.6) is 0 Å². The third kappa shape index (κ3) is 3.79. The van der Waals surface area contributed by atoms with Crippen LogP contribution in [0.4, 0.5) is 0 Å². The van der Waals surface area contributed by atoms with Crippen molar-refractivity contribution in [2.24, 2.45) is 0 Å². The molecule has 33 heavy (non-hydrogen) atoms. The van der Waals surface area contributed by atoms with Crippen molar-refractivity contribution in [3.8, 4) is 0 Å². The van der Waals surface area contributed by atoms with Crippen molar-refractivity contribution >= 4 is 22.7 Å². The van der Waals surface area contributed by atoms with E-state index in [1.807, 2.05) is 54.3 Å². The lowest BCUT2D eigenvalue weighted by atomic mass is 10.0. The van der Waals surface area contributed by atoms with Crippen molar-refractivity contribution in [2.45, 2.75) is 26.4 Å². The van der Waals surface area contributed by atoms with Gasteiger partial charge >= 0.3 is 0 Å². The lowest BCUT2D eigenvalue weighted by molar-refractivity contribution is 0.0705. The molecule has 0 fully saturated rings. The van der Waals surface area contributed by atoms with Gasteiger partial charge in [-0.05, 0) is 54.3 Å². The van der Waals surface area contributed by atoms with E-state index in [9.17, 15) is 9.59 Å². The highest BCUT2D eigenvalue weighted by atomic mass is 16.5. The van der Waals surface area contributed by atoms with Crippen molar-refractivity contribution in [3.63, 3.8) is 0 Å². The van der Waals surface area contributed by atoms with Crippen LogP contribution in [0.15, 0.2) is 72.8 Å². The minimum absolute atomic E-state index is 0.0647. The van der Waals surface area contributed by atoms with Crippen LogP contribution in [-0.4, -0.2) is 33.0 Å². The fourth-order valence-corrected chi connectivity index (χ4v) is 4.74. The van der Waals surface area contributed by atoms with Gasteiger partial charge in [0, 0.05) is 40.8 Å². The molecule has 0 saturated carbocycles. The van der Waals surface area contributed by atoms with Gasteiger partial charge in [0.25, 0.3) is 11.8 Å². The number of nitrogens with zero attached hydrogens (tertiary/aromatic N) is 2. The topological polar surface area (TPSA) is 74.6 Å². The zero-order valence-electron chi connectivity index (χ0n) is 18.4. The molecule has 0 spiro atoms. The van der Waals surface area contributed by atoms with Gasteiger partial charge in [0.05, 0.1) is 6.54 Å². The highest BCUT2D eigenvalue weighted by Gasteiger charge is 2.27. The summed E-state index contributed by atoms with van der Waals surface area (Å²) in [7, 11) is 0. The molecule has 1 aromatic heterocycles. The fraction of sp³-hybridized carbons (Fsp3) is 0.185. The van der Waals surface area contributed by atoms with E-state index in [1.54, 1.807) is 17.6 Å². The molecule has 0 atom stereocenters. The molecule has 0 saturated heterocycles. The molecule has 0 unspecified atom stereocenters. The quantitative estimate of drug-likeness (QED) is 0.367. The standard InChI is InChI=1S/C27H25N3O3/c1-18-6-2-3-7-21(18)27(32)29-15-14-23-22-8-4-5-9-24(22)30(25(23)17-29)16-19-10-12-20(13-11-19)26(31)28-33/h2-13,33H,14-17H2,1H3,(H,28,31). The Labute approximate surface area is 192 Å². The molecule has 6 nitrogen and oxygen atoms in total. The second kappa shape index (κ2) is 8.56. The van der Waals surface area contributed by atoms with Crippen LogP contribution in [0, 0.1) is 6.92 Å². The van der Waals surface area contributed by atoms with Crippen LogP contribution >= 0.6 is 0 Å². The molecule has 5 rings (SSSR count). The van der Waals surface area contributed by atoms with Gasteiger partial charge in [-0.15, -0.1) is 0 Å². The number of hydrogen-bond acceptors (Lipinski definition) is 3. The van der Waals surface area contributed by atoms with Crippen LogP contribution in [-0.2, 0) is 19.5 Å². The molecule has 0 aliphatic carbocycles. The second-order valence-electron chi connectivity index (χ2n) is 8.46. The van der Waals surface area contributed by atoms with Crippen LogP contribution in [0.1, 0.15) is 43.1 Å². The number of aromatic nitrogens is 1. The third-order valence-electron chi connectivity index (χ3n) is 6.49. The minimum atomic E-state index is -0.532. The number of para-hydroxylation sites is 1. The molecule has 6 heteroatoms. The number of hydroxylamine groups is 1. The molecule has 2 amide bonds. The fourth-order valence-electron chi connectivity index (χ4n) is 4.74. The maximum Gasteiger partial charge on any atom is 0.274 e. The van der Waals surface area contributed by atoms with Gasteiger partial charge in [-0.2, -0.15) is 0 Å². The van der Waals surface area contributed by atoms with E-state index in [0.717, 1.165) is 34.3 Å². The first-order valence-electron chi connectivity index (χ1n) is 11.0. The van der Waals surface area contributed by atoms with Gasteiger partial charge in [-0.3, -0.25) is 14.8 Å². The molecule has 3 aromatic carbocycles. The van der Waals surface area contributed by atoms with Crippen molar-refractivity contribution in [3.05, 3.63) is 106 Å². The molecule has 1 aliphatic rings. The molecule has 0 radical (unpaired) electrons. The number of nitrogens with one attached hydrogen (secondary N) is 1. The first-order chi connectivity index (χ1) is 16.1. The molecule has 0 bridgehead atoms. The van der Waals surface area contributed by atoms with Crippen LogP contribution < -0.4 is 5.48 Å². The Balaban J connectivity index is 1.51. The monoisotopic (exact) mass is 439 g/mol. The highest BCUT2D eigenvalue weighted by molar-refractivity contribution is 5.96. The number of carbonyl (C=O) groups excluding carboxylic acids is 2. The zero-order chi connectivity index (χ0) is 22.9. The Morgan fingerprint density at radius 2 is 1.70 bits per heavy atom. The Kier molecular flexibility index (Phi) is 5.44.